The van der Waals surface area contributed by atoms with Gasteiger partial charge in [-0.1, -0.05) is 31.4 Å². The van der Waals surface area contributed by atoms with Crippen molar-refractivity contribution in [2.75, 3.05) is 19.8 Å². The minimum atomic E-state index is -2.03. The van der Waals surface area contributed by atoms with Crippen LogP contribution in [-0.4, -0.2) is 85.7 Å². The number of nitrogens with zero attached hydrogens (tertiary/aromatic N) is 2. The van der Waals surface area contributed by atoms with Gasteiger partial charge in [0.25, 0.3) is 0 Å². The van der Waals surface area contributed by atoms with Gasteiger partial charge in [-0.3, -0.25) is 19.3 Å². The van der Waals surface area contributed by atoms with Crippen LogP contribution < -0.4 is 0 Å². The lowest BCUT2D eigenvalue weighted by molar-refractivity contribution is -0.179. The molecule has 0 N–H and O–H groups in total. The van der Waals surface area contributed by atoms with Crippen LogP contribution in [0.15, 0.2) is 37.5 Å². The Morgan fingerprint density at radius 1 is 1.11 bits per heavy atom. The number of esters is 1. The van der Waals surface area contributed by atoms with Gasteiger partial charge in [0.2, 0.25) is 5.91 Å². The molecule has 0 aromatic carbocycles. The average Bonchev–Trinajstić information content (AvgIpc) is 3.26. The smallest absolute Gasteiger partial charge is 0.410 e. The van der Waals surface area contributed by atoms with E-state index in [1.165, 1.54) is 23.1 Å². The van der Waals surface area contributed by atoms with Crippen molar-refractivity contribution in [3.63, 3.8) is 0 Å². The van der Waals surface area contributed by atoms with Crippen molar-refractivity contribution in [1.82, 2.24) is 9.80 Å². The second kappa shape index (κ2) is 12.8. The number of ketones is 1. The van der Waals surface area contributed by atoms with E-state index < -0.39 is 50.3 Å². The second-order valence-electron chi connectivity index (χ2n) is 9.73. The molecule has 36 heavy (non-hydrogen) atoms. The molecule has 4 atom stereocenters. The van der Waals surface area contributed by atoms with Crippen LogP contribution >= 0.6 is 0 Å². The molecule has 0 aliphatic carbocycles. The molecule has 0 bridgehead atoms. The Labute approximate surface area is 213 Å². The monoisotopic (exact) mass is 520 g/mol. The van der Waals surface area contributed by atoms with E-state index in [2.05, 4.69) is 13.2 Å². The summed E-state index contributed by atoms with van der Waals surface area (Å²) in [5.41, 5.74) is 0. The lowest BCUT2D eigenvalue weighted by Gasteiger charge is -2.48. The minimum Gasteiger partial charge on any atom is -0.454 e. The highest BCUT2D eigenvalue weighted by molar-refractivity contribution is 6.69. The SMILES string of the molecule is C=CCOC(=O)C(=O)N1C(=O)[C@H]([C@@H](C)O[Si](C)(C)C)[C@H]1CC(=O)/C=C/[C@@H]1CCCN1C(=O)OCC=C. The van der Waals surface area contributed by atoms with Crippen LogP contribution in [0.25, 0.3) is 0 Å². The fourth-order valence-corrected chi connectivity index (χ4v) is 5.66. The number of hydrogen-bond acceptors (Lipinski definition) is 8. The highest BCUT2D eigenvalue weighted by Gasteiger charge is 2.55. The van der Waals surface area contributed by atoms with Crippen molar-refractivity contribution in [2.24, 2.45) is 5.92 Å². The van der Waals surface area contributed by atoms with Crippen molar-refractivity contribution in [1.29, 1.82) is 0 Å². The van der Waals surface area contributed by atoms with E-state index in [0.717, 1.165) is 11.3 Å². The van der Waals surface area contributed by atoms with Gasteiger partial charge in [-0.2, -0.15) is 0 Å². The number of allylic oxidation sites excluding steroid dienone is 1. The molecule has 0 aromatic heterocycles. The maximum atomic E-state index is 12.9. The van der Waals surface area contributed by atoms with E-state index >= 15 is 0 Å². The number of imide groups is 1. The van der Waals surface area contributed by atoms with E-state index in [-0.39, 0.29) is 31.5 Å². The van der Waals surface area contributed by atoms with Crippen LogP contribution in [0.3, 0.4) is 0 Å². The van der Waals surface area contributed by atoms with Crippen LogP contribution in [-0.2, 0) is 33.1 Å². The standard InChI is InChI=1S/C25H36N2O8Si/c1-7-14-33-24(31)23(30)27-20(21(22(27)29)17(3)35-36(4,5)6)16-19(28)12-11-18-10-9-13-26(18)25(32)34-15-8-2/h7-8,11-12,17-18,20-21H,1-2,9-10,13-16H2,3-6H3/b12-11+/t17-,18+,20-,21-/m1/s1. The third-order valence-corrected chi connectivity index (χ3v) is 6.89. The second-order valence-corrected chi connectivity index (χ2v) is 14.2. The summed E-state index contributed by atoms with van der Waals surface area (Å²) in [4.78, 5) is 65.0. The summed E-state index contributed by atoms with van der Waals surface area (Å²) in [6.07, 6.45) is 6.02. The Hall–Kier alpha value is -3.05. The van der Waals surface area contributed by atoms with Crippen molar-refractivity contribution < 1.29 is 37.9 Å². The molecule has 0 saturated carbocycles. The van der Waals surface area contributed by atoms with Gasteiger partial charge in [-0.05, 0) is 45.5 Å². The van der Waals surface area contributed by atoms with Gasteiger partial charge >= 0.3 is 18.0 Å². The fraction of sp³-hybridized carbons (Fsp3) is 0.560. The van der Waals surface area contributed by atoms with Gasteiger partial charge in [0, 0.05) is 13.0 Å². The summed E-state index contributed by atoms with van der Waals surface area (Å²) in [5.74, 6) is -3.97. The summed E-state index contributed by atoms with van der Waals surface area (Å²) in [7, 11) is -2.03. The number of β-lactam (4-membered cyclic amide) rings is 1. The Balaban J connectivity index is 2.15. The molecule has 0 radical (unpaired) electrons. The summed E-state index contributed by atoms with van der Waals surface area (Å²) in [6, 6.07) is -1.15. The van der Waals surface area contributed by atoms with Gasteiger partial charge in [0.05, 0.1) is 24.1 Å². The molecule has 0 spiro atoms. The predicted octanol–water partition coefficient (Wildman–Crippen LogP) is 2.61. The van der Waals surface area contributed by atoms with Crippen LogP contribution in [0, 0.1) is 5.92 Å². The molecule has 2 aliphatic rings. The van der Waals surface area contributed by atoms with Crippen LogP contribution in [0.5, 0.6) is 0 Å². The normalized spacial score (nSPS) is 22.7. The molecule has 2 rings (SSSR count). The van der Waals surface area contributed by atoms with Crippen molar-refractivity contribution in [3.05, 3.63) is 37.5 Å². The molecular weight excluding hydrogens is 484 g/mol. The van der Waals surface area contributed by atoms with Crippen LogP contribution in [0.2, 0.25) is 19.6 Å². The zero-order valence-electron chi connectivity index (χ0n) is 21.4. The minimum absolute atomic E-state index is 0.0958. The molecule has 3 amide bonds. The number of amides is 3. The molecule has 2 aliphatic heterocycles. The average molecular weight is 521 g/mol. The summed E-state index contributed by atoms with van der Waals surface area (Å²) in [5, 5.41) is 0. The van der Waals surface area contributed by atoms with Gasteiger partial charge < -0.3 is 18.8 Å². The third kappa shape index (κ3) is 7.47. The molecule has 10 nitrogen and oxygen atoms in total. The highest BCUT2D eigenvalue weighted by Crippen LogP contribution is 2.35. The predicted molar refractivity (Wildman–Crippen MR) is 134 cm³/mol. The Morgan fingerprint density at radius 3 is 2.36 bits per heavy atom. The molecule has 2 fully saturated rings. The van der Waals surface area contributed by atoms with Gasteiger partial charge in [-0.25, -0.2) is 9.59 Å². The summed E-state index contributed by atoms with van der Waals surface area (Å²) in [6.45, 7) is 15.0. The van der Waals surface area contributed by atoms with Crippen molar-refractivity contribution >= 4 is 38.0 Å². The maximum Gasteiger partial charge on any atom is 0.410 e. The number of ether oxygens (including phenoxy) is 2. The Bertz CT molecular complexity index is 926. The molecule has 2 heterocycles. The summed E-state index contributed by atoms with van der Waals surface area (Å²) < 4.78 is 15.9. The van der Waals surface area contributed by atoms with Crippen LogP contribution in [0.1, 0.15) is 26.2 Å². The molecule has 2 saturated heterocycles. The van der Waals surface area contributed by atoms with Gasteiger partial charge in [0.1, 0.15) is 13.2 Å². The first-order valence-electron chi connectivity index (χ1n) is 12.0. The molecule has 198 valence electrons. The first-order valence-corrected chi connectivity index (χ1v) is 15.4. The molecular formula is C25H36N2O8Si. The molecule has 0 unspecified atom stereocenters. The van der Waals surface area contributed by atoms with Crippen LogP contribution in [0.4, 0.5) is 4.79 Å². The van der Waals surface area contributed by atoms with Gasteiger partial charge in [0.15, 0.2) is 14.1 Å². The lowest BCUT2D eigenvalue weighted by atomic mass is 9.80. The Kier molecular flexibility index (Phi) is 10.4. The first-order chi connectivity index (χ1) is 16.9. The quantitative estimate of drug-likeness (QED) is 0.102. The lowest BCUT2D eigenvalue weighted by Crippen LogP contribution is -2.68. The fourth-order valence-electron chi connectivity index (χ4n) is 4.40. The van der Waals surface area contributed by atoms with E-state index in [1.54, 1.807) is 13.0 Å². The number of likely N-dealkylation sites (tertiary alicyclic amines) is 2. The highest BCUT2D eigenvalue weighted by atomic mass is 28.4. The zero-order valence-corrected chi connectivity index (χ0v) is 22.4. The van der Waals surface area contributed by atoms with Crippen molar-refractivity contribution in [2.45, 2.75) is 64.0 Å². The molecule has 0 aromatic rings. The third-order valence-electron chi connectivity index (χ3n) is 5.81. The topological polar surface area (TPSA) is 120 Å². The summed E-state index contributed by atoms with van der Waals surface area (Å²) >= 11 is 0. The van der Waals surface area contributed by atoms with E-state index in [1.807, 2.05) is 19.6 Å². The van der Waals surface area contributed by atoms with E-state index in [0.29, 0.717) is 13.0 Å². The Morgan fingerprint density at radius 2 is 1.75 bits per heavy atom. The number of hydrogen-bond donors (Lipinski definition) is 0. The number of carbonyl (C=O) groups is 5. The molecule has 11 heteroatoms. The number of rotatable bonds is 11. The largest absolute Gasteiger partial charge is 0.454 e. The van der Waals surface area contributed by atoms with E-state index in [9.17, 15) is 24.0 Å². The number of carbonyl (C=O) groups excluding carboxylic acids is 5. The van der Waals surface area contributed by atoms with Gasteiger partial charge in [-0.15, -0.1) is 0 Å². The van der Waals surface area contributed by atoms with Crippen molar-refractivity contribution in [3.8, 4) is 0 Å². The zero-order chi connectivity index (χ0) is 27.0. The maximum absolute atomic E-state index is 12.9. The van der Waals surface area contributed by atoms with E-state index in [4.69, 9.17) is 13.9 Å². The first kappa shape index (κ1) is 29.2.